The average Bonchev–Trinajstić information content (AvgIpc) is 2.74. The summed E-state index contributed by atoms with van der Waals surface area (Å²) in [6.45, 7) is 3.95. The Labute approximate surface area is 165 Å². The van der Waals surface area contributed by atoms with E-state index in [1.165, 1.54) is 0 Å². The number of anilines is 1. The van der Waals surface area contributed by atoms with Gasteiger partial charge < -0.3 is 20.1 Å². The van der Waals surface area contributed by atoms with Crippen molar-refractivity contribution in [3.63, 3.8) is 0 Å². The largest absolute Gasteiger partial charge is 0.494 e. The van der Waals surface area contributed by atoms with Crippen LogP contribution in [0.5, 0.6) is 5.75 Å². The van der Waals surface area contributed by atoms with Crippen molar-refractivity contribution in [3.05, 3.63) is 59.7 Å². The van der Waals surface area contributed by atoms with Gasteiger partial charge in [0.25, 0.3) is 11.8 Å². The summed E-state index contributed by atoms with van der Waals surface area (Å²) in [5.41, 5.74) is 1.65. The SMILES string of the molecule is CCOc1ccc(C(=O)Nc2cccc(C(=O)N3CCC(CO)CC3)c2)cc1. The van der Waals surface area contributed by atoms with Crippen LogP contribution in [0.4, 0.5) is 5.69 Å². The van der Waals surface area contributed by atoms with E-state index in [0.717, 1.165) is 18.6 Å². The highest BCUT2D eigenvalue weighted by Crippen LogP contribution is 2.20. The molecule has 2 aromatic rings. The van der Waals surface area contributed by atoms with E-state index in [2.05, 4.69) is 5.32 Å². The molecule has 1 saturated heterocycles. The van der Waals surface area contributed by atoms with Crippen LogP contribution < -0.4 is 10.1 Å². The molecule has 2 amide bonds. The van der Waals surface area contributed by atoms with Crippen molar-refractivity contribution in [3.8, 4) is 5.75 Å². The normalized spacial score (nSPS) is 14.6. The van der Waals surface area contributed by atoms with Gasteiger partial charge in [-0.05, 0) is 68.1 Å². The van der Waals surface area contributed by atoms with E-state index in [4.69, 9.17) is 4.74 Å². The summed E-state index contributed by atoms with van der Waals surface area (Å²) < 4.78 is 5.38. The fourth-order valence-electron chi connectivity index (χ4n) is 3.30. The summed E-state index contributed by atoms with van der Waals surface area (Å²) in [6.07, 6.45) is 1.63. The summed E-state index contributed by atoms with van der Waals surface area (Å²) in [7, 11) is 0. The molecule has 0 aliphatic carbocycles. The van der Waals surface area contributed by atoms with E-state index in [1.54, 1.807) is 53.4 Å². The van der Waals surface area contributed by atoms with E-state index < -0.39 is 0 Å². The number of nitrogens with one attached hydrogen (secondary N) is 1. The first-order chi connectivity index (χ1) is 13.6. The van der Waals surface area contributed by atoms with Gasteiger partial charge in [-0.15, -0.1) is 0 Å². The van der Waals surface area contributed by atoms with Gasteiger partial charge >= 0.3 is 0 Å². The quantitative estimate of drug-likeness (QED) is 0.804. The molecule has 1 heterocycles. The van der Waals surface area contributed by atoms with Crippen LogP contribution in [0.1, 0.15) is 40.5 Å². The summed E-state index contributed by atoms with van der Waals surface area (Å²) in [4.78, 5) is 27.0. The molecule has 1 aliphatic heterocycles. The number of hydrogen-bond acceptors (Lipinski definition) is 4. The molecule has 0 radical (unpaired) electrons. The molecule has 0 bridgehead atoms. The Morgan fingerprint density at radius 2 is 1.82 bits per heavy atom. The molecule has 0 saturated carbocycles. The van der Waals surface area contributed by atoms with Crippen molar-refractivity contribution >= 4 is 17.5 Å². The molecule has 28 heavy (non-hydrogen) atoms. The van der Waals surface area contributed by atoms with Crippen molar-refractivity contribution in [2.24, 2.45) is 5.92 Å². The topological polar surface area (TPSA) is 78.9 Å². The number of amides is 2. The molecule has 0 atom stereocenters. The van der Waals surface area contributed by atoms with Gasteiger partial charge in [-0.1, -0.05) is 6.07 Å². The molecule has 2 aromatic carbocycles. The van der Waals surface area contributed by atoms with Crippen LogP contribution in [0.2, 0.25) is 0 Å². The fourth-order valence-corrected chi connectivity index (χ4v) is 3.30. The van der Waals surface area contributed by atoms with Crippen molar-refractivity contribution in [2.45, 2.75) is 19.8 Å². The van der Waals surface area contributed by atoms with E-state index in [1.807, 2.05) is 6.92 Å². The van der Waals surface area contributed by atoms with Gasteiger partial charge in [0, 0.05) is 36.5 Å². The van der Waals surface area contributed by atoms with E-state index >= 15 is 0 Å². The third kappa shape index (κ3) is 4.89. The highest BCUT2D eigenvalue weighted by atomic mass is 16.5. The lowest BCUT2D eigenvalue weighted by Gasteiger charge is -2.31. The van der Waals surface area contributed by atoms with E-state index in [0.29, 0.717) is 36.5 Å². The van der Waals surface area contributed by atoms with Gasteiger partial charge in [-0.3, -0.25) is 9.59 Å². The number of likely N-dealkylation sites (tertiary alicyclic amines) is 1. The number of nitrogens with zero attached hydrogens (tertiary/aromatic N) is 1. The van der Waals surface area contributed by atoms with Crippen LogP contribution in [-0.4, -0.2) is 48.1 Å². The molecule has 3 rings (SSSR count). The molecular formula is C22H26N2O4. The van der Waals surface area contributed by atoms with Crippen LogP contribution in [0, 0.1) is 5.92 Å². The maximum atomic E-state index is 12.7. The van der Waals surface area contributed by atoms with Gasteiger partial charge in [0.1, 0.15) is 5.75 Å². The lowest BCUT2D eigenvalue weighted by atomic mass is 9.97. The molecule has 0 aromatic heterocycles. The predicted molar refractivity (Wildman–Crippen MR) is 108 cm³/mol. The minimum atomic E-state index is -0.239. The third-order valence-electron chi connectivity index (χ3n) is 4.95. The monoisotopic (exact) mass is 382 g/mol. The minimum Gasteiger partial charge on any atom is -0.494 e. The molecule has 148 valence electrons. The molecular weight excluding hydrogens is 356 g/mol. The van der Waals surface area contributed by atoms with Crippen molar-refractivity contribution in [1.29, 1.82) is 0 Å². The zero-order valence-corrected chi connectivity index (χ0v) is 16.1. The van der Waals surface area contributed by atoms with Crippen LogP contribution in [0.3, 0.4) is 0 Å². The van der Waals surface area contributed by atoms with Crippen LogP contribution in [-0.2, 0) is 0 Å². The number of benzene rings is 2. The predicted octanol–water partition coefficient (Wildman–Crippen LogP) is 3.18. The minimum absolute atomic E-state index is 0.0476. The highest BCUT2D eigenvalue weighted by Gasteiger charge is 2.23. The Balaban J connectivity index is 1.64. The number of rotatable bonds is 6. The first kappa shape index (κ1) is 19.9. The molecule has 0 spiro atoms. The Hall–Kier alpha value is -2.86. The van der Waals surface area contributed by atoms with Crippen LogP contribution in [0.25, 0.3) is 0 Å². The van der Waals surface area contributed by atoms with Gasteiger partial charge in [0.2, 0.25) is 0 Å². The lowest BCUT2D eigenvalue weighted by molar-refractivity contribution is 0.0650. The van der Waals surface area contributed by atoms with Crippen molar-refractivity contribution < 1.29 is 19.4 Å². The Kier molecular flexibility index (Phi) is 6.66. The molecule has 0 unspecified atom stereocenters. The second-order valence-corrected chi connectivity index (χ2v) is 6.91. The zero-order valence-electron chi connectivity index (χ0n) is 16.1. The second-order valence-electron chi connectivity index (χ2n) is 6.91. The number of hydrogen-bond donors (Lipinski definition) is 2. The third-order valence-corrected chi connectivity index (χ3v) is 4.95. The summed E-state index contributed by atoms with van der Waals surface area (Å²) in [5, 5.41) is 12.1. The second kappa shape index (κ2) is 9.37. The molecule has 6 heteroatoms. The number of piperidine rings is 1. The first-order valence-electron chi connectivity index (χ1n) is 9.65. The summed E-state index contributed by atoms with van der Waals surface area (Å²) in [5.74, 6) is 0.713. The summed E-state index contributed by atoms with van der Waals surface area (Å²) in [6, 6.07) is 13.9. The maximum absolute atomic E-state index is 12.7. The van der Waals surface area contributed by atoms with Crippen molar-refractivity contribution in [1.82, 2.24) is 4.90 Å². The van der Waals surface area contributed by atoms with Crippen molar-refractivity contribution in [2.75, 3.05) is 31.6 Å². The Bertz CT molecular complexity index is 812. The van der Waals surface area contributed by atoms with Crippen LogP contribution >= 0.6 is 0 Å². The Morgan fingerprint density at radius 3 is 2.46 bits per heavy atom. The number of aliphatic hydroxyl groups is 1. The van der Waals surface area contributed by atoms with E-state index in [-0.39, 0.29) is 24.3 Å². The number of carbonyl (C=O) groups excluding carboxylic acids is 2. The fraction of sp³-hybridized carbons (Fsp3) is 0.364. The Morgan fingerprint density at radius 1 is 1.11 bits per heavy atom. The van der Waals surface area contributed by atoms with Crippen LogP contribution in [0.15, 0.2) is 48.5 Å². The molecule has 2 N–H and O–H groups in total. The first-order valence-corrected chi connectivity index (χ1v) is 9.65. The van der Waals surface area contributed by atoms with Gasteiger partial charge in [-0.25, -0.2) is 0 Å². The molecule has 1 fully saturated rings. The zero-order chi connectivity index (χ0) is 19.9. The highest BCUT2D eigenvalue weighted by molar-refractivity contribution is 6.05. The smallest absolute Gasteiger partial charge is 0.255 e. The lowest BCUT2D eigenvalue weighted by Crippen LogP contribution is -2.39. The van der Waals surface area contributed by atoms with Gasteiger partial charge in [0.15, 0.2) is 0 Å². The van der Waals surface area contributed by atoms with Gasteiger partial charge in [-0.2, -0.15) is 0 Å². The molecule has 1 aliphatic rings. The summed E-state index contributed by atoms with van der Waals surface area (Å²) >= 11 is 0. The average molecular weight is 382 g/mol. The number of carbonyl (C=O) groups is 2. The molecule has 6 nitrogen and oxygen atoms in total. The van der Waals surface area contributed by atoms with E-state index in [9.17, 15) is 14.7 Å². The standard InChI is InChI=1S/C22H26N2O4/c1-2-28-20-8-6-17(7-9-20)21(26)23-19-5-3-4-18(14-19)22(27)24-12-10-16(15-25)11-13-24/h3-9,14,16,25H,2,10-13,15H2,1H3,(H,23,26). The van der Waals surface area contributed by atoms with Gasteiger partial charge in [0.05, 0.1) is 6.61 Å². The number of ether oxygens (including phenoxy) is 1. The maximum Gasteiger partial charge on any atom is 0.255 e. The number of aliphatic hydroxyl groups excluding tert-OH is 1.